The number of halogens is 1. The monoisotopic (exact) mass is 359 g/mol. The molecule has 5 heteroatoms. The molecule has 0 aliphatic carbocycles. The topological polar surface area (TPSA) is 55.4 Å². The average molecular weight is 360 g/mol. The third kappa shape index (κ3) is 5.07. The van der Waals surface area contributed by atoms with E-state index in [0.717, 1.165) is 5.56 Å². The summed E-state index contributed by atoms with van der Waals surface area (Å²) < 4.78 is 5.54. The highest BCUT2D eigenvalue weighted by atomic mass is 35.5. The minimum absolute atomic E-state index is 0.123. The summed E-state index contributed by atoms with van der Waals surface area (Å²) in [6.07, 6.45) is -0.396. The molecule has 2 aromatic rings. The SMILES string of the molecule is CC(OC(=O)C(NC(=O)c1ccccc1Cl)C(C)C)c1ccccc1. The standard InChI is InChI=1S/C20H22ClNO3/c1-13(2)18(22-19(23)16-11-7-8-12-17(16)21)20(24)25-14(3)15-9-5-4-6-10-15/h4-14,18H,1-3H3,(H,22,23). The molecule has 1 N–H and O–H groups in total. The fraction of sp³-hybridized carbons (Fsp3) is 0.300. The predicted octanol–water partition coefficient (Wildman–Crippen LogP) is 4.40. The molecular weight excluding hydrogens is 338 g/mol. The Labute approximate surface area is 153 Å². The van der Waals surface area contributed by atoms with Gasteiger partial charge in [0.15, 0.2) is 0 Å². The highest BCUT2D eigenvalue weighted by molar-refractivity contribution is 6.33. The Bertz CT molecular complexity index is 731. The van der Waals surface area contributed by atoms with Gasteiger partial charge in [0, 0.05) is 0 Å². The quantitative estimate of drug-likeness (QED) is 0.778. The van der Waals surface area contributed by atoms with Crippen LogP contribution in [-0.4, -0.2) is 17.9 Å². The van der Waals surface area contributed by atoms with Crippen molar-refractivity contribution in [2.45, 2.75) is 32.9 Å². The van der Waals surface area contributed by atoms with E-state index in [1.807, 2.05) is 44.2 Å². The van der Waals surface area contributed by atoms with Crippen LogP contribution in [0.15, 0.2) is 54.6 Å². The van der Waals surface area contributed by atoms with Crippen molar-refractivity contribution in [3.63, 3.8) is 0 Å². The van der Waals surface area contributed by atoms with Crippen molar-refractivity contribution in [3.8, 4) is 0 Å². The maximum Gasteiger partial charge on any atom is 0.329 e. The summed E-state index contributed by atoms with van der Waals surface area (Å²) in [5.74, 6) is -0.984. The molecule has 0 saturated carbocycles. The molecule has 0 aromatic heterocycles. The number of nitrogens with one attached hydrogen (secondary N) is 1. The number of amides is 1. The van der Waals surface area contributed by atoms with Gasteiger partial charge in [-0.1, -0.05) is 67.9 Å². The van der Waals surface area contributed by atoms with Crippen molar-refractivity contribution in [1.29, 1.82) is 0 Å². The predicted molar refractivity (Wildman–Crippen MR) is 98.5 cm³/mol. The van der Waals surface area contributed by atoms with Crippen LogP contribution in [0.2, 0.25) is 5.02 Å². The first-order chi connectivity index (χ1) is 11.9. The largest absolute Gasteiger partial charge is 0.456 e. The minimum Gasteiger partial charge on any atom is -0.456 e. The molecule has 0 radical (unpaired) electrons. The van der Waals surface area contributed by atoms with E-state index in [-0.39, 0.29) is 5.92 Å². The second-order valence-electron chi connectivity index (χ2n) is 6.16. The van der Waals surface area contributed by atoms with Crippen molar-refractivity contribution in [3.05, 3.63) is 70.7 Å². The zero-order valence-corrected chi connectivity index (χ0v) is 15.3. The summed E-state index contributed by atoms with van der Waals surface area (Å²) in [5, 5.41) is 3.07. The van der Waals surface area contributed by atoms with Crippen molar-refractivity contribution in [2.24, 2.45) is 5.92 Å². The Morgan fingerprint density at radius 2 is 1.56 bits per heavy atom. The van der Waals surface area contributed by atoms with Crippen LogP contribution in [0.5, 0.6) is 0 Å². The van der Waals surface area contributed by atoms with E-state index in [4.69, 9.17) is 16.3 Å². The molecule has 0 saturated heterocycles. The first-order valence-corrected chi connectivity index (χ1v) is 8.58. The second kappa shape index (κ2) is 8.67. The number of ether oxygens (including phenoxy) is 1. The molecule has 132 valence electrons. The van der Waals surface area contributed by atoms with Crippen LogP contribution in [0.4, 0.5) is 0 Å². The summed E-state index contributed by atoms with van der Waals surface area (Å²) in [6.45, 7) is 5.51. The minimum atomic E-state index is -0.755. The van der Waals surface area contributed by atoms with E-state index in [2.05, 4.69) is 5.32 Å². The van der Waals surface area contributed by atoms with Gasteiger partial charge in [-0.25, -0.2) is 4.79 Å². The van der Waals surface area contributed by atoms with Crippen LogP contribution in [0.1, 0.15) is 42.8 Å². The lowest BCUT2D eigenvalue weighted by Gasteiger charge is -2.23. The molecule has 0 aliphatic heterocycles. The Morgan fingerprint density at radius 1 is 0.960 bits per heavy atom. The zero-order chi connectivity index (χ0) is 18.4. The number of rotatable bonds is 6. The van der Waals surface area contributed by atoms with Gasteiger partial charge < -0.3 is 10.1 Å². The zero-order valence-electron chi connectivity index (χ0n) is 14.5. The fourth-order valence-electron chi connectivity index (χ4n) is 2.40. The van der Waals surface area contributed by atoms with Crippen molar-refractivity contribution >= 4 is 23.5 Å². The van der Waals surface area contributed by atoms with E-state index in [9.17, 15) is 9.59 Å². The van der Waals surface area contributed by atoms with E-state index in [0.29, 0.717) is 10.6 Å². The number of hydrogen-bond donors (Lipinski definition) is 1. The fourth-order valence-corrected chi connectivity index (χ4v) is 2.62. The van der Waals surface area contributed by atoms with Gasteiger partial charge in [0.25, 0.3) is 5.91 Å². The van der Waals surface area contributed by atoms with E-state index >= 15 is 0 Å². The highest BCUT2D eigenvalue weighted by Crippen LogP contribution is 2.19. The highest BCUT2D eigenvalue weighted by Gasteiger charge is 2.28. The van der Waals surface area contributed by atoms with Gasteiger partial charge in [0.2, 0.25) is 0 Å². The maximum absolute atomic E-state index is 12.6. The van der Waals surface area contributed by atoms with Crippen LogP contribution in [0, 0.1) is 5.92 Å². The molecule has 2 unspecified atom stereocenters. The first kappa shape index (κ1) is 19.0. The van der Waals surface area contributed by atoms with Crippen LogP contribution in [0.3, 0.4) is 0 Å². The molecule has 1 amide bonds. The molecule has 2 rings (SSSR count). The van der Waals surface area contributed by atoms with Gasteiger partial charge in [0.1, 0.15) is 12.1 Å². The lowest BCUT2D eigenvalue weighted by atomic mass is 10.0. The second-order valence-corrected chi connectivity index (χ2v) is 6.57. The van der Waals surface area contributed by atoms with Gasteiger partial charge >= 0.3 is 5.97 Å². The summed E-state index contributed by atoms with van der Waals surface area (Å²) >= 11 is 6.05. The van der Waals surface area contributed by atoms with E-state index in [1.165, 1.54) is 0 Å². The Morgan fingerprint density at radius 3 is 2.16 bits per heavy atom. The molecule has 0 spiro atoms. The normalized spacial score (nSPS) is 13.2. The average Bonchev–Trinajstić information content (AvgIpc) is 2.60. The van der Waals surface area contributed by atoms with Gasteiger partial charge in [-0.15, -0.1) is 0 Å². The smallest absolute Gasteiger partial charge is 0.329 e. The van der Waals surface area contributed by atoms with Crippen LogP contribution >= 0.6 is 11.6 Å². The third-order valence-corrected chi connectivity index (χ3v) is 4.22. The molecule has 4 nitrogen and oxygen atoms in total. The molecule has 2 atom stereocenters. The van der Waals surface area contributed by atoms with Gasteiger partial charge in [-0.05, 0) is 30.5 Å². The number of carbonyl (C=O) groups is 2. The maximum atomic E-state index is 12.6. The lowest BCUT2D eigenvalue weighted by Crippen LogP contribution is -2.45. The van der Waals surface area contributed by atoms with Gasteiger partial charge in [-0.2, -0.15) is 0 Å². The van der Waals surface area contributed by atoms with Crippen LogP contribution in [-0.2, 0) is 9.53 Å². The number of carbonyl (C=O) groups excluding carboxylic acids is 2. The summed E-state index contributed by atoms with van der Waals surface area (Å²) in [7, 11) is 0. The summed E-state index contributed by atoms with van der Waals surface area (Å²) in [4.78, 5) is 25.0. The third-order valence-electron chi connectivity index (χ3n) is 3.89. The summed E-state index contributed by atoms with van der Waals surface area (Å²) in [5.41, 5.74) is 1.23. The Balaban J connectivity index is 2.08. The molecule has 0 heterocycles. The van der Waals surface area contributed by atoms with Gasteiger partial charge in [-0.3, -0.25) is 4.79 Å². The molecule has 0 fully saturated rings. The van der Waals surface area contributed by atoms with Crippen LogP contribution < -0.4 is 5.32 Å². The van der Waals surface area contributed by atoms with E-state index in [1.54, 1.807) is 31.2 Å². The molecule has 0 aliphatic rings. The van der Waals surface area contributed by atoms with Gasteiger partial charge in [0.05, 0.1) is 10.6 Å². The Kier molecular flexibility index (Phi) is 6.59. The lowest BCUT2D eigenvalue weighted by molar-refractivity contribution is -0.152. The Hall–Kier alpha value is -2.33. The van der Waals surface area contributed by atoms with E-state index < -0.39 is 24.0 Å². The molecule has 25 heavy (non-hydrogen) atoms. The summed E-state index contributed by atoms with van der Waals surface area (Å²) in [6, 6.07) is 15.4. The number of hydrogen-bond acceptors (Lipinski definition) is 3. The van der Waals surface area contributed by atoms with Crippen molar-refractivity contribution < 1.29 is 14.3 Å². The molecule has 0 bridgehead atoms. The van der Waals surface area contributed by atoms with Crippen molar-refractivity contribution in [1.82, 2.24) is 5.32 Å². The molecular formula is C20H22ClNO3. The first-order valence-electron chi connectivity index (χ1n) is 8.21. The van der Waals surface area contributed by atoms with Crippen LogP contribution in [0.25, 0.3) is 0 Å². The number of benzene rings is 2. The number of esters is 1. The molecule has 2 aromatic carbocycles. The van der Waals surface area contributed by atoms with Crippen molar-refractivity contribution in [2.75, 3.05) is 0 Å².